The third-order valence-corrected chi connectivity index (χ3v) is 1.84. The lowest BCUT2D eigenvalue weighted by molar-refractivity contribution is 1.30. The number of hydrogen-bond donors (Lipinski definition) is 1. The molecule has 0 spiro atoms. The second kappa shape index (κ2) is 2.38. The molecular weight excluding hydrogens is 136 g/mol. The highest BCUT2D eigenvalue weighted by atomic mass is 15.0. The average molecular weight is 146 g/mol. The molecule has 0 saturated heterocycles. The topological polar surface area (TPSA) is 24.4 Å². The smallest absolute Gasteiger partial charge is 0.0887 e. The van der Waals surface area contributed by atoms with Crippen molar-refractivity contribution in [3.63, 3.8) is 0 Å². The minimum absolute atomic E-state index is 0.844. The standard InChI is InChI=1S/C9H10N2/c1-7-3-2-4-8-9(7)11-6-5-10-8/h2-4,6,10H,5H2,1H3. The van der Waals surface area contributed by atoms with E-state index in [4.69, 9.17) is 0 Å². The van der Waals surface area contributed by atoms with Gasteiger partial charge >= 0.3 is 0 Å². The van der Waals surface area contributed by atoms with Crippen LogP contribution in [0.4, 0.5) is 11.4 Å². The van der Waals surface area contributed by atoms with Crippen LogP contribution in [0, 0.1) is 6.92 Å². The highest BCUT2D eigenvalue weighted by Gasteiger charge is 2.04. The second-order valence-electron chi connectivity index (χ2n) is 2.66. The molecule has 0 bridgehead atoms. The summed E-state index contributed by atoms with van der Waals surface area (Å²) in [5, 5.41) is 3.25. The van der Waals surface area contributed by atoms with Crippen molar-refractivity contribution in [2.75, 3.05) is 11.9 Å². The maximum Gasteiger partial charge on any atom is 0.0887 e. The molecule has 2 nitrogen and oxygen atoms in total. The van der Waals surface area contributed by atoms with Gasteiger partial charge in [0.05, 0.1) is 17.9 Å². The molecule has 0 saturated carbocycles. The summed E-state index contributed by atoms with van der Waals surface area (Å²) >= 11 is 0. The molecule has 0 amide bonds. The molecule has 1 aromatic rings. The van der Waals surface area contributed by atoms with Crippen LogP contribution in [-0.2, 0) is 0 Å². The molecule has 1 aliphatic rings. The first-order valence-corrected chi connectivity index (χ1v) is 3.74. The molecule has 2 rings (SSSR count). The molecule has 1 aliphatic heterocycles. The van der Waals surface area contributed by atoms with E-state index in [-0.39, 0.29) is 0 Å². The Morgan fingerprint density at radius 2 is 2.36 bits per heavy atom. The van der Waals surface area contributed by atoms with Crippen molar-refractivity contribution in [1.82, 2.24) is 0 Å². The normalized spacial score (nSPS) is 13.9. The summed E-state index contributed by atoms with van der Waals surface area (Å²) in [5.74, 6) is 0. The summed E-state index contributed by atoms with van der Waals surface area (Å²) in [5.41, 5.74) is 3.46. The first-order chi connectivity index (χ1) is 5.38. The zero-order valence-corrected chi connectivity index (χ0v) is 6.46. The van der Waals surface area contributed by atoms with Crippen LogP contribution in [0.3, 0.4) is 0 Å². The van der Waals surface area contributed by atoms with E-state index in [1.807, 2.05) is 12.3 Å². The molecule has 11 heavy (non-hydrogen) atoms. The van der Waals surface area contributed by atoms with Crippen molar-refractivity contribution in [3.05, 3.63) is 23.8 Å². The molecule has 1 N–H and O–H groups in total. The van der Waals surface area contributed by atoms with E-state index in [9.17, 15) is 0 Å². The van der Waals surface area contributed by atoms with E-state index in [0.29, 0.717) is 0 Å². The number of hydrogen-bond acceptors (Lipinski definition) is 2. The van der Waals surface area contributed by atoms with Crippen molar-refractivity contribution >= 4 is 17.6 Å². The van der Waals surface area contributed by atoms with Crippen LogP contribution in [0.1, 0.15) is 5.56 Å². The molecule has 1 aromatic carbocycles. The summed E-state index contributed by atoms with van der Waals surface area (Å²) in [6, 6.07) is 6.17. The second-order valence-corrected chi connectivity index (χ2v) is 2.66. The molecule has 0 aliphatic carbocycles. The van der Waals surface area contributed by atoms with Gasteiger partial charge in [-0.1, -0.05) is 12.1 Å². The number of aryl methyl sites for hydroxylation is 1. The number of fused-ring (bicyclic) bond motifs is 1. The third kappa shape index (κ3) is 1.00. The Morgan fingerprint density at radius 3 is 3.18 bits per heavy atom. The van der Waals surface area contributed by atoms with Gasteiger partial charge in [0.25, 0.3) is 0 Å². The molecule has 0 radical (unpaired) electrons. The van der Waals surface area contributed by atoms with E-state index in [1.54, 1.807) is 0 Å². The predicted octanol–water partition coefficient (Wildman–Crippen LogP) is 2.12. The Morgan fingerprint density at radius 1 is 1.45 bits per heavy atom. The minimum atomic E-state index is 0.844. The number of nitrogens with zero attached hydrogens (tertiary/aromatic N) is 1. The lowest BCUT2D eigenvalue weighted by atomic mass is 10.1. The van der Waals surface area contributed by atoms with Gasteiger partial charge in [0.1, 0.15) is 0 Å². The fraction of sp³-hybridized carbons (Fsp3) is 0.222. The quantitative estimate of drug-likeness (QED) is 0.595. The van der Waals surface area contributed by atoms with Crippen LogP contribution >= 0.6 is 0 Å². The van der Waals surface area contributed by atoms with Crippen molar-refractivity contribution in [2.24, 2.45) is 4.99 Å². The van der Waals surface area contributed by atoms with Gasteiger partial charge in [0, 0.05) is 6.21 Å². The lowest BCUT2D eigenvalue weighted by Gasteiger charge is -2.13. The summed E-state index contributed by atoms with van der Waals surface area (Å²) in [4.78, 5) is 4.31. The first-order valence-electron chi connectivity index (χ1n) is 3.74. The number of para-hydroxylation sites is 1. The number of rotatable bonds is 0. The Kier molecular flexibility index (Phi) is 1.39. The van der Waals surface area contributed by atoms with Gasteiger partial charge in [0.15, 0.2) is 0 Å². The van der Waals surface area contributed by atoms with Gasteiger partial charge in [-0.15, -0.1) is 0 Å². The summed E-state index contributed by atoms with van der Waals surface area (Å²) in [6.45, 7) is 2.92. The van der Waals surface area contributed by atoms with E-state index >= 15 is 0 Å². The monoisotopic (exact) mass is 146 g/mol. The zero-order chi connectivity index (χ0) is 7.68. The zero-order valence-electron chi connectivity index (χ0n) is 6.46. The summed E-state index contributed by atoms with van der Waals surface area (Å²) in [7, 11) is 0. The Bertz CT molecular complexity index is 302. The van der Waals surface area contributed by atoms with Gasteiger partial charge < -0.3 is 5.32 Å². The lowest BCUT2D eigenvalue weighted by Crippen LogP contribution is -2.06. The van der Waals surface area contributed by atoms with Gasteiger partial charge in [0.2, 0.25) is 0 Å². The maximum absolute atomic E-state index is 4.31. The van der Waals surface area contributed by atoms with Gasteiger partial charge in [-0.2, -0.15) is 0 Å². The SMILES string of the molecule is Cc1cccc2c1N=CCN2. The number of benzene rings is 1. The van der Waals surface area contributed by atoms with Crippen molar-refractivity contribution in [3.8, 4) is 0 Å². The predicted molar refractivity (Wildman–Crippen MR) is 47.8 cm³/mol. The molecular formula is C9H10N2. The molecule has 0 atom stereocenters. The fourth-order valence-electron chi connectivity index (χ4n) is 1.27. The first kappa shape index (κ1) is 6.40. The molecule has 2 heteroatoms. The van der Waals surface area contributed by atoms with Gasteiger partial charge in [-0.05, 0) is 18.6 Å². The van der Waals surface area contributed by atoms with Crippen LogP contribution in [0.2, 0.25) is 0 Å². The minimum Gasteiger partial charge on any atom is -0.378 e. The van der Waals surface area contributed by atoms with Crippen LogP contribution < -0.4 is 5.32 Å². The van der Waals surface area contributed by atoms with E-state index < -0.39 is 0 Å². The number of nitrogens with one attached hydrogen (secondary N) is 1. The maximum atomic E-state index is 4.31. The van der Waals surface area contributed by atoms with E-state index in [1.165, 1.54) is 5.56 Å². The molecule has 0 fully saturated rings. The molecule has 56 valence electrons. The molecule has 1 heterocycles. The van der Waals surface area contributed by atoms with Crippen molar-refractivity contribution < 1.29 is 0 Å². The summed E-state index contributed by atoms with van der Waals surface area (Å²) < 4.78 is 0. The van der Waals surface area contributed by atoms with Crippen LogP contribution in [-0.4, -0.2) is 12.8 Å². The number of anilines is 1. The fourth-order valence-corrected chi connectivity index (χ4v) is 1.27. The Labute approximate surface area is 66.0 Å². The van der Waals surface area contributed by atoms with Crippen LogP contribution in [0.25, 0.3) is 0 Å². The van der Waals surface area contributed by atoms with Crippen molar-refractivity contribution in [1.29, 1.82) is 0 Å². The van der Waals surface area contributed by atoms with Gasteiger partial charge in [-0.25, -0.2) is 0 Å². The largest absolute Gasteiger partial charge is 0.378 e. The third-order valence-electron chi connectivity index (χ3n) is 1.84. The van der Waals surface area contributed by atoms with Crippen LogP contribution in [0.15, 0.2) is 23.2 Å². The molecule has 0 unspecified atom stereocenters. The van der Waals surface area contributed by atoms with Crippen LogP contribution in [0.5, 0.6) is 0 Å². The Balaban J connectivity index is 2.60. The Hall–Kier alpha value is -1.31. The van der Waals surface area contributed by atoms with E-state index in [2.05, 4.69) is 29.4 Å². The van der Waals surface area contributed by atoms with E-state index in [0.717, 1.165) is 17.9 Å². The van der Waals surface area contributed by atoms with Crippen molar-refractivity contribution in [2.45, 2.75) is 6.92 Å². The molecule has 0 aromatic heterocycles. The number of aliphatic imine (C=N–C) groups is 1. The highest BCUT2D eigenvalue weighted by molar-refractivity contribution is 5.81. The highest BCUT2D eigenvalue weighted by Crippen LogP contribution is 2.29. The summed E-state index contributed by atoms with van der Waals surface area (Å²) in [6.07, 6.45) is 1.90. The van der Waals surface area contributed by atoms with Gasteiger partial charge in [-0.3, -0.25) is 4.99 Å². The average Bonchev–Trinajstić information content (AvgIpc) is 2.06.